The molecule has 0 saturated heterocycles. The van der Waals surface area contributed by atoms with Crippen LogP contribution in [0.1, 0.15) is 17.2 Å². The van der Waals surface area contributed by atoms with Gasteiger partial charge >= 0.3 is 0 Å². The smallest absolute Gasteiger partial charge is 0.131 e. The van der Waals surface area contributed by atoms with Gasteiger partial charge in [0.05, 0.1) is 13.2 Å². The lowest BCUT2D eigenvalue weighted by atomic mass is 9.98. The summed E-state index contributed by atoms with van der Waals surface area (Å²) in [5, 5.41) is 0. The van der Waals surface area contributed by atoms with E-state index in [-0.39, 0.29) is 5.56 Å². The monoisotopic (exact) mass is 342 g/mol. The van der Waals surface area contributed by atoms with Gasteiger partial charge in [-0.1, -0.05) is 22.0 Å². The molecule has 0 aliphatic carbocycles. The van der Waals surface area contributed by atoms with Gasteiger partial charge in [0.25, 0.3) is 0 Å². The Kier molecular flexibility index (Phi) is 4.69. The fraction of sp³-hybridized carbons (Fsp3) is 0.143. The van der Waals surface area contributed by atoms with Crippen molar-refractivity contribution in [3.8, 4) is 5.75 Å². The van der Waals surface area contributed by atoms with Gasteiger partial charge in [0.2, 0.25) is 0 Å². The summed E-state index contributed by atoms with van der Waals surface area (Å²) >= 11 is 3.35. The zero-order chi connectivity index (χ0) is 14.7. The van der Waals surface area contributed by atoms with Gasteiger partial charge in [-0.25, -0.2) is 14.2 Å². The van der Waals surface area contributed by atoms with Crippen LogP contribution in [0.5, 0.6) is 5.75 Å². The molecular formula is C14H13BrF2N2O. The second-order valence-electron chi connectivity index (χ2n) is 4.12. The van der Waals surface area contributed by atoms with Crippen LogP contribution in [0.25, 0.3) is 0 Å². The minimum atomic E-state index is -0.833. The first kappa shape index (κ1) is 14.9. The van der Waals surface area contributed by atoms with Crippen LogP contribution in [-0.4, -0.2) is 7.11 Å². The largest absolute Gasteiger partial charge is 0.497 e. The molecule has 2 rings (SSSR count). The first-order chi connectivity index (χ1) is 9.58. The molecular weight excluding hydrogens is 330 g/mol. The number of hydrazine groups is 1. The highest BCUT2D eigenvalue weighted by Crippen LogP contribution is 2.33. The van der Waals surface area contributed by atoms with Crippen molar-refractivity contribution in [3.63, 3.8) is 0 Å². The Hall–Kier alpha value is -1.50. The zero-order valence-corrected chi connectivity index (χ0v) is 12.2. The zero-order valence-electron chi connectivity index (χ0n) is 10.7. The molecule has 3 N–H and O–H groups in total. The summed E-state index contributed by atoms with van der Waals surface area (Å²) in [7, 11) is 1.52. The number of nitrogens with one attached hydrogen (secondary N) is 1. The molecule has 3 nitrogen and oxygen atoms in total. The third-order valence-electron chi connectivity index (χ3n) is 2.97. The van der Waals surface area contributed by atoms with E-state index in [0.29, 0.717) is 15.8 Å². The molecule has 0 spiro atoms. The van der Waals surface area contributed by atoms with E-state index in [9.17, 15) is 8.78 Å². The maximum absolute atomic E-state index is 13.9. The van der Waals surface area contributed by atoms with E-state index in [1.54, 1.807) is 18.2 Å². The summed E-state index contributed by atoms with van der Waals surface area (Å²) in [6, 6.07) is 7.99. The Morgan fingerprint density at radius 2 is 1.85 bits per heavy atom. The van der Waals surface area contributed by atoms with Gasteiger partial charge in [0.1, 0.15) is 17.4 Å². The summed E-state index contributed by atoms with van der Waals surface area (Å²) in [5.74, 6) is 4.73. The number of hydrogen-bond donors (Lipinski definition) is 2. The van der Waals surface area contributed by atoms with Gasteiger partial charge in [-0.2, -0.15) is 0 Å². The summed E-state index contributed by atoms with van der Waals surface area (Å²) < 4.78 is 33.6. The first-order valence-electron chi connectivity index (χ1n) is 5.82. The molecule has 0 bridgehead atoms. The van der Waals surface area contributed by atoms with E-state index >= 15 is 0 Å². The van der Waals surface area contributed by atoms with Gasteiger partial charge < -0.3 is 4.74 Å². The number of rotatable bonds is 4. The van der Waals surface area contributed by atoms with Crippen molar-refractivity contribution < 1.29 is 13.5 Å². The van der Waals surface area contributed by atoms with Gasteiger partial charge in [0, 0.05) is 10.0 Å². The molecule has 0 fully saturated rings. The minimum Gasteiger partial charge on any atom is -0.497 e. The Morgan fingerprint density at radius 1 is 1.20 bits per heavy atom. The predicted octanol–water partition coefficient (Wildman–Crippen LogP) is 3.29. The summed E-state index contributed by atoms with van der Waals surface area (Å²) in [6.45, 7) is 0. The molecule has 1 unspecified atom stereocenters. The van der Waals surface area contributed by atoms with Crippen LogP contribution in [-0.2, 0) is 0 Å². The normalized spacial score (nSPS) is 12.2. The van der Waals surface area contributed by atoms with Crippen molar-refractivity contribution in [2.75, 3.05) is 7.11 Å². The number of ether oxygens (including phenoxy) is 1. The van der Waals surface area contributed by atoms with Gasteiger partial charge in [0.15, 0.2) is 0 Å². The molecule has 6 heteroatoms. The molecule has 1 atom stereocenters. The lowest BCUT2D eigenvalue weighted by Crippen LogP contribution is -2.30. The van der Waals surface area contributed by atoms with Gasteiger partial charge in [-0.05, 0) is 35.9 Å². The summed E-state index contributed by atoms with van der Waals surface area (Å²) in [5.41, 5.74) is 2.89. The summed E-state index contributed by atoms with van der Waals surface area (Å²) in [4.78, 5) is 0. The van der Waals surface area contributed by atoms with Crippen LogP contribution in [0, 0.1) is 11.6 Å². The van der Waals surface area contributed by atoms with Crippen LogP contribution in [0.15, 0.2) is 40.9 Å². The SMILES string of the molecule is COc1ccc(Br)c(C(NN)c2c(F)cccc2F)c1. The standard InChI is InChI=1S/C14H13BrF2N2O/c1-20-8-5-6-10(15)9(7-8)14(19-18)13-11(16)3-2-4-12(13)17/h2-7,14,19H,18H2,1H3. The fourth-order valence-electron chi connectivity index (χ4n) is 1.99. The van der Waals surface area contributed by atoms with Crippen LogP contribution >= 0.6 is 15.9 Å². The summed E-state index contributed by atoms with van der Waals surface area (Å²) in [6.07, 6.45) is 0. The molecule has 0 aliphatic rings. The quantitative estimate of drug-likeness (QED) is 0.662. The van der Waals surface area contributed by atoms with E-state index in [1.807, 2.05) is 0 Å². The van der Waals surface area contributed by atoms with Crippen molar-refractivity contribution in [1.82, 2.24) is 5.43 Å². The second kappa shape index (κ2) is 6.30. The molecule has 0 heterocycles. The van der Waals surface area contributed by atoms with Crippen LogP contribution in [0.2, 0.25) is 0 Å². The topological polar surface area (TPSA) is 47.3 Å². The number of hydrogen-bond acceptors (Lipinski definition) is 3. The van der Waals surface area contributed by atoms with E-state index < -0.39 is 17.7 Å². The Morgan fingerprint density at radius 3 is 2.40 bits per heavy atom. The van der Waals surface area contributed by atoms with Crippen molar-refractivity contribution >= 4 is 15.9 Å². The highest BCUT2D eigenvalue weighted by molar-refractivity contribution is 9.10. The molecule has 0 saturated carbocycles. The fourth-order valence-corrected chi connectivity index (χ4v) is 2.46. The average Bonchev–Trinajstić information content (AvgIpc) is 2.44. The van der Waals surface area contributed by atoms with Crippen molar-refractivity contribution in [2.45, 2.75) is 6.04 Å². The van der Waals surface area contributed by atoms with Gasteiger partial charge in [-0.15, -0.1) is 0 Å². The van der Waals surface area contributed by atoms with Crippen molar-refractivity contribution in [3.05, 3.63) is 63.6 Å². The Bertz CT molecular complexity index is 602. The van der Waals surface area contributed by atoms with Crippen molar-refractivity contribution in [2.24, 2.45) is 5.84 Å². The molecule has 0 aliphatic heterocycles. The molecule has 0 aromatic heterocycles. The lowest BCUT2D eigenvalue weighted by Gasteiger charge is -2.20. The van der Waals surface area contributed by atoms with E-state index in [1.165, 1.54) is 25.3 Å². The number of nitrogens with two attached hydrogens (primary N) is 1. The van der Waals surface area contributed by atoms with Crippen LogP contribution < -0.4 is 16.0 Å². The van der Waals surface area contributed by atoms with Crippen LogP contribution in [0.4, 0.5) is 8.78 Å². The predicted molar refractivity (Wildman–Crippen MR) is 76.2 cm³/mol. The molecule has 20 heavy (non-hydrogen) atoms. The van der Waals surface area contributed by atoms with Crippen LogP contribution in [0.3, 0.4) is 0 Å². The molecule has 2 aromatic carbocycles. The number of methoxy groups -OCH3 is 1. The second-order valence-corrected chi connectivity index (χ2v) is 4.98. The highest BCUT2D eigenvalue weighted by atomic mass is 79.9. The molecule has 106 valence electrons. The van der Waals surface area contributed by atoms with Crippen molar-refractivity contribution in [1.29, 1.82) is 0 Å². The Balaban J connectivity index is 2.58. The molecule has 2 aromatic rings. The minimum absolute atomic E-state index is 0.135. The highest BCUT2D eigenvalue weighted by Gasteiger charge is 2.23. The van der Waals surface area contributed by atoms with E-state index in [2.05, 4.69) is 21.4 Å². The van der Waals surface area contributed by atoms with E-state index in [4.69, 9.17) is 10.6 Å². The lowest BCUT2D eigenvalue weighted by molar-refractivity contribution is 0.413. The first-order valence-corrected chi connectivity index (χ1v) is 6.61. The number of halogens is 3. The maximum Gasteiger partial charge on any atom is 0.131 e. The third kappa shape index (κ3) is 2.82. The van der Waals surface area contributed by atoms with Gasteiger partial charge in [-0.3, -0.25) is 5.84 Å². The molecule has 0 radical (unpaired) electrons. The Labute approximate surface area is 123 Å². The maximum atomic E-state index is 13.9. The molecule has 0 amide bonds. The van der Waals surface area contributed by atoms with E-state index in [0.717, 1.165) is 0 Å². The average molecular weight is 343 g/mol. The number of benzene rings is 2. The third-order valence-corrected chi connectivity index (χ3v) is 3.69.